The zero-order valence-corrected chi connectivity index (χ0v) is 16.1. The molecule has 5 atom stereocenters. The predicted molar refractivity (Wildman–Crippen MR) is 91.5 cm³/mol. The van der Waals surface area contributed by atoms with Gasteiger partial charge < -0.3 is 23.1 Å². The molecule has 3 aliphatic heterocycles. The zero-order valence-electron chi connectivity index (χ0n) is 15.3. The third-order valence-corrected chi connectivity index (χ3v) is 6.10. The Kier molecular flexibility index (Phi) is 5.04. The maximum absolute atomic E-state index is 12.6. The molecule has 0 spiro atoms. The minimum atomic E-state index is -5.81. The first-order chi connectivity index (χ1) is 13.6. The van der Waals surface area contributed by atoms with Gasteiger partial charge in [-0.2, -0.15) is 21.6 Å². The molecule has 11 heteroatoms. The highest BCUT2D eigenvalue weighted by molar-refractivity contribution is 7.87. The Balaban J connectivity index is 1.47. The van der Waals surface area contributed by atoms with Crippen LogP contribution in [0.15, 0.2) is 42.4 Å². The molecule has 29 heavy (non-hydrogen) atoms. The average molecular weight is 436 g/mol. The standard InChI is InChI=1S/C18H19F3O7S/c1-17-8-7-15(28-29(22,23)18(19,20)21)26-14(17)9-12-13(27-17)10-24-16(25-12)11-5-3-2-4-6-11/h2-7,12-14,16H,8-10H2,1H3/t12-,13+,14+,16+,17-/m0/s1. The van der Waals surface area contributed by atoms with Gasteiger partial charge in [0.2, 0.25) is 0 Å². The van der Waals surface area contributed by atoms with Gasteiger partial charge in [-0.05, 0) is 6.92 Å². The molecule has 7 nitrogen and oxygen atoms in total. The van der Waals surface area contributed by atoms with Crippen molar-refractivity contribution >= 4 is 10.1 Å². The van der Waals surface area contributed by atoms with E-state index in [-0.39, 0.29) is 25.6 Å². The Morgan fingerprint density at radius 2 is 1.90 bits per heavy atom. The molecule has 0 bridgehead atoms. The smallest absolute Gasteiger partial charge is 0.458 e. The van der Waals surface area contributed by atoms with E-state index in [1.807, 2.05) is 30.3 Å². The van der Waals surface area contributed by atoms with Crippen molar-refractivity contribution in [3.63, 3.8) is 0 Å². The van der Waals surface area contributed by atoms with Gasteiger partial charge in [0.1, 0.15) is 17.8 Å². The molecule has 0 aliphatic carbocycles. The van der Waals surface area contributed by atoms with Crippen molar-refractivity contribution in [1.82, 2.24) is 0 Å². The number of hydrogen-bond acceptors (Lipinski definition) is 7. The number of benzene rings is 1. The number of halogens is 3. The molecule has 1 aromatic carbocycles. The molecular weight excluding hydrogens is 417 g/mol. The second-order valence-corrected chi connectivity index (χ2v) is 8.81. The summed E-state index contributed by atoms with van der Waals surface area (Å²) in [6.07, 6.45) is -0.642. The molecule has 3 aliphatic rings. The Hall–Kier alpha value is -1.82. The predicted octanol–water partition coefficient (Wildman–Crippen LogP) is 3.14. The van der Waals surface area contributed by atoms with Crippen LogP contribution in [0.5, 0.6) is 0 Å². The molecule has 0 radical (unpaired) electrons. The van der Waals surface area contributed by atoms with Gasteiger partial charge in [0.15, 0.2) is 6.29 Å². The minimum absolute atomic E-state index is 0.117. The van der Waals surface area contributed by atoms with Crippen LogP contribution in [-0.2, 0) is 33.2 Å². The van der Waals surface area contributed by atoms with Crippen molar-refractivity contribution in [2.75, 3.05) is 6.61 Å². The molecule has 0 N–H and O–H groups in total. The van der Waals surface area contributed by atoms with Crippen LogP contribution < -0.4 is 0 Å². The van der Waals surface area contributed by atoms with E-state index in [1.165, 1.54) is 0 Å². The summed E-state index contributed by atoms with van der Waals surface area (Å²) in [5, 5.41) is 0. The van der Waals surface area contributed by atoms with Gasteiger partial charge in [0.25, 0.3) is 5.95 Å². The Labute approximate surface area is 165 Å². The van der Waals surface area contributed by atoms with Crippen molar-refractivity contribution in [3.8, 4) is 0 Å². The van der Waals surface area contributed by atoms with Gasteiger partial charge in [0, 0.05) is 24.5 Å². The van der Waals surface area contributed by atoms with Crippen molar-refractivity contribution in [2.45, 2.75) is 55.5 Å². The first-order valence-electron chi connectivity index (χ1n) is 8.95. The normalized spacial score (nSPS) is 35.0. The quantitative estimate of drug-likeness (QED) is 0.532. The second-order valence-electron chi connectivity index (χ2n) is 7.27. The summed E-state index contributed by atoms with van der Waals surface area (Å²) in [6, 6.07) is 9.27. The topological polar surface area (TPSA) is 80.3 Å². The third kappa shape index (κ3) is 3.96. The summed E-state index contributed by atoms with van der Waals surface area (Å²) in [5.74, 6) is -0.710. The van der Waals surface area contributed by atoms with E-state index in [9.17, 15) is 21.6 Å². The highest BCUT2D eigenvalue weighted by Gasteiger charge is 2.54. The molecule has 0 saturated carbocycles. The van der Waals surface area contributed by atoms with E-state index in [2.05, 4.69) is 4.18 Å². The van der Waals surface area contributed by atoms with Gasteiger partial charge >= 0.3 is 15.6 Å². The van der Waals surface area contributed by atoms with Crippen LogP contribution in [0.2, 0.25) is 0 Å². The van der Waals surface area contributed by atoms with Gasteiger partial charge in [-0.25, -0.2) is 0 Å². The van der Waals surface area contributed by atoms with Crippen LogP contribution in [0.4, 0.5) is 13.2 Å². The van der Waals surface area contributed by atoms with Crippen LogP contribution in [0, 0.1) is 0 Å². The maximum Gasteiger partial charge on any atom is 0.534 e. The Morgan fingerprint density at radius 3 is 2.59 bits per heavy atom. The van der Waals surface area contributed by atoms with Crippen LogP contribution in [-0.4, -0.2) is 44.4 Å². The number of ether oxygens (including phenoxy) is 4. The van der Waals surface area contributed by atoms with E-state index >= 15 is 0 Å². The van der Waals surface area contributed by atoms with E-state index in [4.69, 9.17) is 18.9 Å². The second kappa shape index (κ2) is 7.15. The van der Waals surface area contributed by atoms with Crippen molar-refractivity contribution in [3.05, 3.63) is 47.9 Å². The van der Waals surface area contributed by atoms with Gasteiger partial charge in [-0.15, -0.1) is 0 Å². The molecule has 1 aromatic rings. The molecule has 3 heterocycles. The molecule has 0 aromatic heterocycles. The van der Waals surface area contributed by atoms with E-state index < -0.39 is 45.7 Å². The summed E-state index contributed by atoms with van der Waals surface area (Å²) in [5.41, 5.74) is -5.59. The van der Waals surface area contributed by atoms with Crippen LogP contribution in [0.25, 0.3) is 0 Å². The lowest BCUT2D eigenvalue weighted by molar-refractivity contribution is -0.325. The monoisotopic (exact) mass is 436 g/mol. The fourth-order valence-corrected chi connectivity index (χ4v) is 4.01. The number of fused-ring (bicyclic) bond motifs is 2. The van der Waals surface area contributed by atoms with Crippen LogP contribution in [0.1, 0.15) is 31.6 Å². The summed E-state index contributed by atoms with van der Waals surface area (Å²) in [4.78, 5) is 0. The molecular formula is C18H19F3O7S. The van der Waals surface area contributed by atoms with Crippen molar-refractivity contribution in [2.24, 2.45) is 0 Å². The highest BCUT2D eigenvalue weighted by Crippen LogP contribution is 2.43. The first kappa shape index (κ1) is 20.5. The molecule has 4 rings (SSSR count). The van der Waals surface area contributed by atoms with Crippen molar-refractivity contribution < 1.29 is 44.7 Å². The summed E-state index contributed by atoms with van der Waals surface area (Å²) >= 11 is 0. The minimum Gasteiger partial charge on any atom is -0.458 e. The molecule has 0 amide bonds. The average Bonchev–Trinajstić information content (AvgIpc) is 2.66. The highest BCUT2D eigenvalue weighted by atomic mass is 32.2. The third-order valence-electron chi connectivity index (χ3n) is 5.15. The molecule has 2 saturated heterocycles. The summed E-state index contributed by atoms with van der Waals surface area (Å²) in [7, 11) is -5.81. The Bertz CT molecular complexity index is 886. The lowest BCUT2D eigenvalue weighted by Gasteiger charge is -2.51. The number of rotatable bonds is 3. The van der Waals surface area contributed by atoms with E-state index in [1.54, 1.807) is 6.92 Å². The maximum atomic E-state index is 12.6. The SMILES string of the molecule is C[C@]12CC=C(OS(=O)(=O)C(F)(F)F)O[C@@H]1C[C@@H]1O[C@H](c3ccccc3)OC[C@H]1O2. The molecule has 160 valence electrons. The molecule has 2 fully saturated rings. The van der Waals surface area contributed by atoms with Crippen LogP contribution in [0.3, 0.4) is 0 Å². The summed E-state index contributed by atoms with van der Waals surface area (Å²) in [6.45, 7) is 2.02. The van der Waals surface area contributed by atoms with Crippen LogP contribution >= 0.6 is 0 Å². The van der Waals surface area contributed by atoms with E-state index in [0.29, 0.717) is 0 Å². The lowest BCUT2D eigenvalue weighted by Crippen LogP contribution is -2.60. The number of alkyl halides is 3. The largest absolute Gasteiger partial charge is 0.534 e. The number of hydrogen-bond donors (Lipinski definition) is 0. The van der Waals surface area contributed by atoms with Gasteiger partial charge in [0.05, 0.1) is 12.7 Å². The lowest BCUT2D eigenvalue weighted by atomic mass is 9.84. The van der Waals surface area contributed by atoms with E-state index in [0.717, 1.165) is 11.6 Å². The first-order valence-corrected chi connectivity index (χ1v) is 10.4. The zero-order chi connectivity index (χ0) is 20.9. The molecule has 0 unspecified atom stereocenters. The van der Waals surface area contributed by atoms with Gasteiger partial charge in [-0.1, -0.05) is 30.3 Å². The summed E-state index contributed by atoms with van der Waals surface area (Å²) < 4.78 is 87.5. The fourth-order valence-electron chi connectivity index (χ4n) is 3.60. The Morgan fingerprint density at radius 1 is 1.17 bits per heavy atom. The fraction of sp³-hybridized carbons (Fsp3) is 0.556. The van der Waals surface area contributed by atoms with Gasteiger partial charge in [-0.3, -0.25) is 0 Å². The van der Waals surface area contributed by atoms with Crippen molar-refractivity contribution in [1.29, 1.82) is 0 Å².